The molecule has 2 aliphatic carbocycles. The molecule has 6 aromatic rings. The highest BCUT2D eigenvalue weighted by Gasteiger charge is 2.53. The molecule has 0 amide bonds. The maximum absolute atomic E-state index is 6.88. The van der Waals surface area contributed by atoms with Crippen molar-refractivity contribution in [1.29, 1.82) is 0 Å². The van der Waals surface area contributed by atoms with E-state index in [9.17, 15) is 0 Å². The number of hydrogen-bond acceptors (Lipinski definition) is 3. The Bertz CT molecular complexity index is 2100. The molecule has 0 saturated heterocycles. The Morgan fingerprint density at radius 1 is 0.605 bits per heavy atom. The summed E-state index contributed by atoms with van der Waals surface area (Å²) >= 11 is 0. The molecule has 1 spiro atoms. The minimum absolute atomic E-state index is 0.305. The number of nitrogens with zero attached hydrogens (tertiary/aromatic N) is 2. The van der Waals surface area contributed by atoms with Crippen LogP contribution >= 0.6 is 0 Å². The maximum atomic E-state index is 6.88. The Hall–Kier alpha value is -5.28. The fourth-order valence-corrected chi connectivity index (χ4v) is 7.69. The zero-order valence-electron chi connectivity index (χ0n) is 23.8. The van der Waals surface area contributed by atoms with Crippen LogP contribution in [0, 0.1) is 5.92 Å². The van der Waals surface area contributed by atoms with Crippen LogP contribution in [-0.4, -0.2) is 10.2 Å². The molecule has 0 N–H and O–H groups in total. The van der Waals surface area contributed by atoms with E-state index in [2.05, 4.69) is 140 Å². The zero-order valence-corrected chi connectivity index (χ0v) is 23.8. The fourth-order valence-electron chi connectivity index (χ4n) is 7.69. The second-order valence-electron chi connectivity index (χ2n) is 11.8. The van der Waals surface area contributed by atoms with Crippen molar-refractivity contribution >= 4 is 16.3 Å². The number of benzene rings is 5. The van der Waals surface area contributed by atoms with Gasteiger partial charge in [-0.15, -0.1) is 10.2 Å². The smallest absolute Gasteiger partial charge is 0.137 e. The summed E-state index contributed by atoms with van der Waals surface area (Å²) in [5, 5.41) is 12.0. The molecule has 5 aromatic carbocycles. The van der Waals surface area contributed by atoms with Gasteiger partial charge in [0, 0.05) is 16.7 Å². The SMILES string of the molecule is CC1C=C(c2ccc(-c3cccc4ccccc34)nn2)C2=C(C1)C1(c3ccccc3O2)c2ccccc2-c2ccccc21. The van der Waals surface area contributed by atoms with Crippen molar-refractivity contribution in [2.45, 2.75) is 18.8 Å². The van der Waals surface area contributed by atoms with Gasteiger partial charge in [0.05, 0.1) is 16.8 Å². The van der Waals surface area contributed by atoms with Gasteiger partial charge in [-0.2, -0.15) is 0 Å². The predicted octanol–water partition coefficient (Wildman–Crippen LogP) is 9.38. The first kappa shape index (κ1) is 24.3. The Kier molecular flexibility index (Phi) is 5.15. The second-order valence-corrected chi connectivity index (χ2v) is 11.8. The molecule has 43 heavy (non-hydrogen) atoms. The lowest BCUT2D eigenvalue weighted by atomic mass is 9.62. The second kappa shape index (κ2) is 9.11. The summed E-state index contributed by atoms with van der Waals surface area (Å²) in [4.78, 5) is 0. The molecular weight excluding hydrogens is 524 g/mol. The fraction of sp³-hybridized carbons (Fsp3) is 0.100. The average Bonchev–Trinajstić information content (AvgIpc) is 3.36. The molecule has 3 aliphatic rings. The van der Waals surface area contributed by atoms with Crippen molar-refractivity contribution in [1.82, 2.24) is 10.2 Å². The molecule has 204 valence electrons. The topological polar surface area (TPSA) is 35.0 Å². The highest BCUT2D eigenvalue weighted by molar-refractivity contribution is 5.96. The van der Waals surface area contributed by atoms with E-state index in [1.54, 1.807) is 0 Å². The van der Waals surface area contributed by atoms with Crippen LogP contribution in [0.5, 0.6) is 5.75 Å². The van der Waals surface area contributed by atoms with E-state index in [1.807, 2.05) is 0 Å². The van der Waals surface area contributed by atoms with Gasteiger partial charge in [-0.05, 0) is 69.1 Å². The molecular formula is C40H28N2O. The van der Waals surface area contributed by atoms with Gasteiger partial charge in [0.2, 0.25) is 0 Å². The number of para-hydroxylation sites is 1. The van der Waals surface area contributed by atoms with Crippen LogP contribution in [0.2, 0.25) is 0 Å². The average molecular weight is 553 g/mol. The van der Waals surface area contributed by atoms with Crippen LogP contribution in [-0.2, 0) is 5.41 Å². The van der Waals surface area contributed by atoms with Gasteiger partial charge in [0.15, 0.2) is 0 Å². The molecule has 0 saturated carbocycles. The standard InChI is InChI=1S/C40H28N2O/c1-25-23-31(37-22-21-36(41-42-37)30-16-10-12-26-11-2-3-13-27(26)30)39-35(24-25)40(34-19-8-9-20-38(34)43-39)32-17-6-4-14-28(32)29-15-5-7-18-33(29)40/h2-23,25H,24H2,1H3. The lowest BCUT2D eigenvalue weighted by molar-refractivity contribution is 0.385. The van der Waals surface area contributed by atoms with Crippen LogP contribution in [0.4, 0.5) is 0 Å². The number of hydrogen-bond donors (Lipinski definition) is 0. The molecule has 0 radical (unpaired) electrons. The Morgan fingerprint density at radius 2 is 1.21 bits per heavy atom. The maximum Gasteiger partial charge on any atom is 0.137 e. The van der Waals surface area contributed by atoms with Crippen LogP contribution in [0.15, 0.2) is 145 Å². The first-order valence-electron chi connectivity index (χ1n) is 15.0. The normalized spacial score (nSPS) is 17.5. The van der Waals surface area contributed by atoms with Crippen LogP contribution in [0.25, 0.3) is 38.7 Å². The van der Waals surface area contributed by atoms with Crippen molar-refractivity contribution in [3.63, 3.8) is 0 Å². The molecule has 1 aliphatic heterocycles. The first-order chi connectivity index (χ1) is 21.2. The van der Waals surface area contributed by atoms with E-state index in [1.165, 1.54) is 44.2 Å². The van der Waals surface area contributed by atoms with E-state index in [4.69, 9.17) is 14.9 Å². The minimum Gasteiger partial charge on any atom is -0.456 e. The van der Waals surface area contributed by atoms with Crippen LogP contribution in [0.1, 0.15) is 35.7 Å². The van der Waals surface area contributed by atoms with Gasteiger partial charge in [0.25, 0.3) is 0 Å². The third-order valence-corrected chi connectivity index (χ3v) is 9.41. The monoisotopic (exact) mass is 552 g/mol. The van der Waals surface area contributed by atoms with E-state index in [-0.39, 0.29) is 0 Å². The quantitative estimate of drug-likeness (QED) is 0.215. The van der Waals surface area contributed by atoms with Gasteiger partial charge in [0.1, 0.15) is 11.5 Å². The van der Waals surface area contributed by atoms with Crippen molar-refractivity contribution in [2.24, 2.45) is 5.92 Å². The lowest BCUT2D eigenvalue weighted by Crippen LogP contribution is -2.37. The molecule has 2 heterocycles. The zero-order chi connectivity index (χ0) is 28.5. The third-order valence-electron chi connectivity index (χ3n) is 9.41. The van der Waals surface area contributed by atoms with Gasteiger partial charge in [-0.25, -0.2) is 0 Å². The molecule has 1 aromatic heterocycles. The van der Waals surface area contributed by atoms with Gasteiger partial charge < -0.3 is 4.74 Å². The molecule has 0 bridgehead atoms. The van der Waals surface area contributed by atoms with Crippen molar-refractivity contribution < 1.29 is 4.74 Å². The van der Waals surface area contributed by atoms with Crippen LogP contribution in [0.3, 0.4) is 0 Å². The third kappa shape index (κ3) is 3.36. The summed E-state index contributed by atoms with van der Waals surface area (Å²) in [5.74, 6) is 2.11. The highest BCUT2D eigenvalue weighted by atomic mass is 16.5. The number of fused-ring (bicyclic) bond motifs is 9. The van der Waals surface area contributed by atoms with Gasteiger partial charge in [-0.1, -0.05) is 122 Å². The first-order valence-corrected chi connectivity index (χ1v) is 15.0. The minimum atomic E-state index is -0.429. The summed E-state index contributed by atoms with van der Waals surface area (Å²) < 4.78 is 6.88. The Labute approximate surface area is 250 Å². The Morgan fingerprint density at radius 3 is 1.98 bits per heavy atom. The van der Waals surface area contributed by atoms with E-state index >= 15 is 0 Å². The van der Waals surface area contributed by atoms with E-state index in [0.29, 0.717) is 5.92 Å². The number of ether oxygens (including phenoxy) is 1. The largest absolute Gasteiger partial charge is 0.456 e. The molecule has 1 unspecified atom stereocenters. The predicted molar refractivity (Wildman–Crippen MR) is 173 cm³/mol. The molecule has 3 nitrogen and oxygen atoms in total. The highest BCUT2D eigenvalue weighted by Crippen LogP contribution is 2.63. The Balaban J connectivity index is 1.25. The van der Waals surface area contributed by atoms with Crippen molar-refractivity contribution in [3.8, 4) is 28.1 Å². The molecule has 0 fully saturated rings. The number of allylic oxidation sites excluding steroid dienone is 3. The lowest BCUT2D eigenvalue weighted by Gasteiger charge is -2.43. The van der Waals surface area contributed by atoms with Crippen molar-refractivity contribution in [3.05, 3.63) is 167 Å². The van der Waals surface area contributed by atoms with E-state index < -0.39 is 5.41 Å². The van der Waals surface area contributed by atoms with Crippen molar-refractivity contribution in [2.75, 3.05) is 0 Å². The number of aromatic nitrogens is 2. The van der Waals surface area contributed by atoms with Gasteiger partial charge >= 0.3 is 0 Å². The molecule has 9 rings (SSSR count). The summed E-state index contributed by atoms with van der Waals surface area (Å²) in [6, 6.07) is 45.3. The van der Waals surface area contributed by atoms with E-state index in [0.717, 1.165) is 40.5 Å². The molecule has 1 atom stereocenters. The molecule has 3 heteroatoms. The number of rotatable bonds is 2. The summed E-state index contributed by atoms with van der Waals surface area (Å²) in [7, 11) is 0. The summed E-state index contributed by atoms with van der Waals surface area (Å²) in [6.45, 7) is 2.29. The summed E-state index contributed by atoms with van der Waals surface area (Å²) in [5.41, 5.74) is 11.1. The van der Waals surface area contributed by atoms with Gasteiger partial charge in [-0.3, -0.25) is 0 Å². The van der Waals surface area contributed by atoms with Crippen LogP contribution < -0.4 is 4.74 Å². The summed E-state index contributed by atoms with van der Waals surface area (Å²) in [6.07, 6.45) is 3.21.